The molecule has 0 aliphatic heterocycles. The van der Waals surface area contributed by atoms with E-state index >= 15 is 0 Å². The maximum absolute atomic E-state index is 10.5. The summed E-state index contributed by atoms with van der Waals surface area (Å²) < 4.78 is 6.34. The summed E-state index contributed by atoms with van der Waals surface area (Å²) >= 11 is 0. The van der Waals surface area contributed by atoms with Gasteiger partial charge in [0.2, 0.25) is 0 Å². The quantitative estimate of drug-likeness (QED) is 0.597. The van der Waals surface area contributed by atoms with Gasteiger partial charge < -0.3 is 9.53 Å². The Bertz CT molecular complexity index is 365. The van der Waals surface area contributed by atoms with Crippen LogP contribution in [-0.2, 0) is 4.43 Å². The third-order valence-corrected chi connectivity index (χ3v) is 8.92. The van der Waals surface area contributed by atoms with Gasteiger partial charge in [0.25, 0.3) is 0 Å². The zero-order valence-electron chi connectivity index (χ0n) is 13.4. The van der Waals surface area contributed by atoms with Gasteiger partial charge in [-0.05, 0) is 37.9 Å². The fourth-order valence-electron chi connectivity index (χ4n) is 2.02. The minimum Gasteiger partial charge on any atom is -0.410 e. The van der Waals surface area contributed by atoms with Crippen molar-refractivity contribution in [2.45, 2.75) is 76.8 Å². The van der Waals surface area contributed by atoms with Gasteiger partial charge in [0.1, 0.15) is 0 Å². The van der Waals surface area contributed by atoms with Gasteiger partial charge in [-0.2, -0.15) is 0 Å². The zero-order valence-corrected chi connectivity index (χ0v) is 14.4. The molecular weight excluding hydrogens is 252 g/mol. The third kappa shape index (κ3) is 4.58. The van der Waals surface area contributed by atoms with Crippen molar-refractivity contribution < 1.29 is 9.53 Å². The van der Waals surface area contributed by atoms with Gasteiger partial charge in [0.05, 0.1) is 11.7 Å². The van der Waals surface area contributed by atoms with Crippen molar-refractivity contribution >= 4 is 8.32 Å². The average molecular weight is 282 g/mol. The minimum atomic E-state index is -1.76. The van der Waals surface area contributed by atoms with Gasteiger partial charge in [0.15, 0.2) is 8.32 Å². The molecule has 2 nitrogen and oxygen atoms in total. The first-order valence-corrected chi connectivity index (χ1v) is 10.1. The van der Waals surface area contributed by atoms with E-state index in [0.29, 0.717) is 6.42 Å². The molecule has 3 heteroatoms. The number of aliphatic hydroxyl groups is 1. The average Bonchev–Trinajstić information content (AvgIpc) is 2.56. The molecule has 1 aliphatic carbocycles. The molecule has 2 atom stereocenters. The van der Waals surface area contributed by atoms with Crippen LogP contribution in [0.1, 0.15) is 47.0 Å². The normalized spacial score (nSPS) is 27.8. The number of hydrogen-bond acceptors (Lipinski definition) is 2. The predicted molar refractivity (Wildman–Crippen MR) is 84.8 cm³/mol. The van der Waals surface area contributed by atoms with Gasteiger partial charge >= 0.3 is 0 Å². The second kappa shape index (κ2) is 5.55. The minimum absolute atomic E-state index is 0.0658. The summed E-state index contributed by atoms with van der Waals surface area (Å²) in [5.41, 5.74) is 0.419. The van der Waals surface area contributed by atoms with E-state index in [4.69, 9.17) is 4.43 Å². The van der Waals surface area contributed by atoms with Crippen LogP contribution in [0, 0.1) is 0 Å². The standard InChI is InChI=1S/C16H30O2Si/c1-13(2)8-10-16(17)11-9-14(12-16)18-19(6,7)15(3,4)5/h9,11,14,17H,1,8,10,12H2,2-7H3/t14?,16-/m1/s1. The van der Waals surface area contributed by atoms with Crippen molar-refractivity contribution in [1.29, 1.82) is 0 Å². The lowest BCUT2D eigenvalue weighted by molar-refractivity contribution is 0.0534. The van der Waals surface area contributed by atoms with Crippen molar-refractivity contribution in [3.05, 3.63) is 24.3 Å². The Labute approximate surface area is 119 Å². The fraction of sp³-hybridized carbons (Fsp3) is 0.750. The Hall–Kier alpha value is -0.383. The van der Waals surface area contributed by atoms with Crippen LogP contribution in [0.4, 0.5) is 0 Å². The van der Waals surface area contributed by atoms with E-state index in [0.717, 1.165) is 18.4 Å². The van der Waals surface area contributed by atoms with Crippen molar-refractivity contribution in [3.63, 3.8) is 0 Å². The molecule has 0 amide bonds. The first-order chi connectivity index (χ1) is 8.45. The topological polar surface area (TPSA) is 29.5 Å². The number of rotatable bonds is 5. The van der Waals surface area contributed by atoms with Crippen LogP contribution in [0.5, 0.6) is 0 Å². The summed E-state index contributed by atoms with van der Waals surface area (Å²) in [5, 5.41) is 10.7. The van der Waals surface area contributed by atoms with Crippen LogP contribution in [0.25, 0.3) is 0 Å². The maximum Gasteiger partial charge on any atom is 0.192 e. The number of hydrogen-bond donors (Lipinski definition) is 1. The molecule has 19 heavy (non-hydrogen) atoms. The second-order valence-electron chi connectivity index (χ2n) is 7.54. The smallest absolute Gasteiger partial charge is 0.192 e. The molecule has 1 unspecified atom stereocenters. The Morgan fingerprint density at radius 1 is 1.47 bits per heavy atom. The monoisotopic (exact) mass is 282 g/mol. The first kappa shape index (κ1) is 16.7. The molecule has 0 saturated heterocycles. The van der Waals surface area contributed by atoms with Crippen molar-refractivity contribution in [2.24, 2.45) is 0 Å². The van der Waals surface area contributed by atoms with Crippen LogP contribution in [0.3, 0.4) is 0 Å². The van der Waals surface area contributed by atoms with E-state index in [9.17, 15) is 5.11 Å². The van der Waals surface area contributed by atoms with Gasteiger partial charge in [-0.1, -0.05) is 38.5 Å². The molecule has 0 heterocycles. The highest BCUT2D eigenvalue weighted by Gasteiger charge is 2.41. The SMILES string of the molecule is C=C(C)CC[C@@]1(O)C=CC(O[Si](C)(C)C(C)(C)C)C1. The lowest BCUT2D eigenvalue weighted by Crippen LogP contribution is -2.44. The number of allylic oxidation sites excluding steroid dienone is 1. The molecule has 0 spiro atoms. The highest BCUT2D eigenvalue weighted by Crippen LogP contribution is 2.40. The van der Waals surface area contributed by atoms with Crippen LogP contribution < -0.4 is 0 Å². The van der Waals surface area contributed by atoms with E-state index < -0.39 is 13.9 Å². The van der Waals surface area contributed by atoms with Crippen LogP contribution >= 0.6 is 0 Å². The highest BCUT2D eigenvalue weighted by molar-refractivity contribution is 6.74. The summed E-state index contributed by atoms with van der Waals surface area (Å²) in [6.07, 6.45) is 6.33. The molecule has 0 radical (unpaired) electrons. The Morgan fingerprint density at radius 2 is 2.05 bits per heavy atom. The van der Waals surface area contributed by atoms with E-state index in [-0.39, 0.29) is 11.1 Å². The van der Waals surface area contributed by atoms with Gasteiger partial charge in [-0.25, -0.2) is 0 Å². The summed E-state index contributed by atoms with van der Waals surface area (Å²) in [7, 11) is -1.76. The van der Waals surface area contributed by atoms with Crippen LogP contribution in [-0.4, -0.2) is 25.1 Å². The Kier molecular flexibility index (Phi) is 4.87. The summed E-state index contributed by atoms with van der Waals surface area (Å²) in [4.78, 5) is 0. The van der Waals surface area contributed by atoms with E-state index in [1.807, 2.05) is 19.1 Å². The maximum atomic E-state index is 10.5. The molecule has 0 bridgehead atoms. The second-order valence-corrected chi connectivity index (χ2v) is 12.3. The Morgan fingerprint density at radius 3 is 2.53 bits per heavy atom. The summed E-state index contributed by atoms with van der Waals surface area (Å²) in [6, 6.07) is 0. The van der Waals surface area contributed by atoms with E-state index in [1.54, 1.807) is 0 Å². The highest BCUT2D eigenvalue weighted by atomic mass is 28.4. The van der Waals surface area contributed by atoms with Crippen LogP contribution in [0.15, 0.2) is 24.3 Å². The molecule has 1 N–H and O–H groups in total. The molecule has 0 fully saturated rings. The first-order valence-electron chi connectivity index (χ1n) is 7.19. The molecule has 0 saturated carbocycles. The van der Waals surface area contributed by atoms with E-state index in [2.05, 4.69) is 40.4 Å². The van der Waals surface area contributed by atoms with Crippen LogP contribution in [0.2, 0.25) is 18.1 Å². The molecule has 1 rings (SSSR count). The van der Waals surface area contributed by atoms with Gasteiger partial charge in [-0.15, -0.1) is 6.58 Å². The summed E-state index contributed by atoms with van der Waals surface area (Å²) in [6.45, 7) is 17.1. The zero-order chi connectivity index (χ0) is 14.9. The summed E-state index contributed by atoms with van der Waals surface area (Å²) in [5.74, 6) is 0. The molecular formula is C16H30O2Si. The largest absolute Gasteiger partial charge is 0.410 e. The molecule has 0 aromatic heterocycles. The molecule has 1 aliphatic rings. The predicted octanol–water partition coefficient (Wildman–Crippen LogP) is 4.42. The lowest BCUT2D eigenvalue weighted by Gasteiger charge is -2.38. The molecule has 110 valence electrons. The van der Waals surface area contributed by atoms with E-state index in [1.165, 1.54) is 0 Å². The van der Waals surface area contributed by atoms with Gasteiger partial charge in [0, 0.05) is 6.42 Å². The fourth-order valence-corrected chi connectivity index (χ4v) is 3.29. The van der Waals surface area contributed by atoms with Crippen molar-refractivity contribution in [1.82, 2.24) is 0 Å². The van der Waals surface area contributed by atoms with Crippen molar-refractivity contribution in [2.75, 3.05) is 0 Å². The molecule has 0 aromatic rings. The van der Waals surface area contributed by atoms with Gasteiger partial charge in [-0.3, -0.25) is 0 Å². The lowest BCUT2D eigenvalue weighted by atomic mass is 9.95. The third-order valence-electron chi connectivity index (χ3n) is 4.41. The van der Waals surface area contributed by atoms with Crippen molar-refractivity contribution in [3.8, 4) is 0 Å². The Balaban J connectivity index is 2.58. The molecule has 0 aromatic carbocycles.